The summed E-state index contributed by atoms with van der Waals surface area (Å²) < 4.78 is 37.4. The Morgan fingerprint density at radius 3 is 2.41 bits per heavy atom. The zero-order valence-electron chi connectivity index (χ0n) is 15.0. The molecule has 0 aliphatic carbocycles. The van der Waals surface area contributed by atoms with Crippen molar-refractivity contribution in [3.05, 3.63) is 51.5 Å². The van der Waals surface area contributed by atoms with E-state index in [9.17, 15) is 13.2 Å². The maximum absolute atomic E-state index is 12.8. The Labute approximate surface area is 183 Å². The van der Waals surface area contributed by atoms with Crippen molar-refractivity contribution in [2.75, 3.05) is 38.2 Å². The number of hydrogen-bond donors (Lipinski definition) is 1. The van der Waals surface area contributed by atoms with E-state index in [1.165, 1.54) is 28.6 Å². The number of carbonyl (C=O) groups excluding carboxylic acids is 1. The van der Waals surface area contributed by atoms with E-state index in [4.69, 9.17) is 44.3 Å². The third kappa shape index (κ3) is 5.53. The highest BCUT2D eigenvalue weighted by molar-refractivity contribution is 7.89. The van der Waals surface area contributed by atoms with Gasteiger partial charge in [-0.25, -0.2) is 8.42 Å². The molecule has 1 fully saturated rings. The number of nitrogens with zero attached hydrogens (tertiary/aromatic N) is 1. The number of morpholine rings is 1. The Hall–Kier alpha value is -1.55. The molecule has 0 unspecified atom stereocenters. The van der Waals surface area contributed by atoms with Gasteiger partial charge in [-0.3, -0.25) is 4.79 Å². The van der Waals surface area contributed by atoms with Gasteiger partial charge in [-0.1, -0.05) is 34.8 Å². The molecule has 0 aromatic heterocycles. The Morgan fingerprint density at radius 2 is 1.72 bits per heavy atom. The lowest BCUT2D eigenvalue weighted by Crippen LogP contribution is -2.40. The lowest BCUT2D eigenvalue weighted by atomic mass is 10.3. The summed E-state index contributed by atoms with van der Waals surface area (Å²) in [5.41, 5.74) is 0.170. The van der Waals surface area contributed by atoms with Gasteiger partial charge in [-0.05, 0) is 30.3 Å². The average molecular weight is 480 g/mol. The van der Waals surface area contributed by atoms with Gasteiger partial charge in [0.05, 0.1) is 38.9 Å². The highest BCUT2D eigenvalue weighted by Gasteiger charge is 2.27. The minimum atomic E-state index is -3.72. The molecule has 1 amide bonds. The molecule has 1 N–H and O–H groups in total. The number of carbonyl (C=O) groups is 1. The van der Waals surface area contributed by atoms with Crippen LogP contribution in [0, 0.1) is 0 Å². The molecule has 0 atom stereocenters. The number of anilines is 1. The van der Waals surface area contributed by atoms with Gasteiger partial charge >= 0.3 is 0 Å². The van der Waals surface area contributed by atoms with Gasteiger partial charge in [0.2, 0.25) is 10.0 Å². The van der Waals surface area contributed by atoms with E-state index in [0.717, 1.165) is 0 Å². The molecule has 0 saturated carbocycles. The van der Waals surface area contributed by atoms with Crippen LogP contribution < -0.4 is 10.1 Å². The van der Waals surface area contributed by atoms with Crippen LogP contribution in [0.3, 0.4) is 0 Å². The lowest BCUT2D eigenvalue weighted by molar-refractivity contribution is -0.118. The van der Waals surface area contributed by atoms with Crippen molar-refractivity contribution in [3.8, 4) is 5.75 Å². The van der Waals surface area contributed by atoms with E-state index in [1.807, 2.05) is 0 Å². The van der Waals surface area contributed by atoms with Gasteiger partial charge in [0.15, 0.2) is 6.61 Å². The topological polar surface area (TPSA) is 84.9 Å². The van der Waals surface area contributed by atoms with E-state index in [0.29, 0.717) is 29.0 Å². The average Bonchev–Trinajstić information content (AvgIpc) is 2.71. The van der Waals surface area contributed by atoms with Crippen LogP contribution in [0.15, 0.2) is 41.3 Å². The SMILES string of the molecule is O=C(COc1ccc(Cl)c(Cl)c1)Nc1cc(S(=O)(=O)N2CCOCC2)ccc1Cl. The van der Waals surface area contributed by atoms with Crippen LogP contribution in [0.25, 0.3) is 0 Å². The quantitative estimate of drug-likeness (QED) is 0.683. The second-order valence-electron chi connectivity index (χ2n) is 6.07. The Morgan fingerprint density at radius 1 is 1.03 bits per heavy atom. The Kier molecular flexibility index (Phi) is 7.26. The standard InChI is InChI=1S/C18H17Cl3N2O5S/c19-14-3-1-12(9-16(14)21)28-11-18(24)22-17-10-13(2-4-15(17)20)29(25,26)23-5-7-27-8-6-23/h1-4,9-10H,5-8,11H2,(H,22,24). The number of rotatable bonds is 6. The molecule has 1 aliphatic heterocycles. The summed E-state index contributed by atoms with van der Waals surface area (Å²) in [6.45, 7) is 0.883. The third-order valence-corrected chi connectivity index (χ3v) is 7.04. The molecule has 156 valence electrons. The number of benzene rings is 2. The summed E-state index contributed by atoms with van der Waals surface area (Å²) in [5, 5.41) is 3.43. The summed E-state index contributed by atoms with van der Waals surface area (Å²) in [5.74, 6) is -0.150. The molecule has 3 rings (SSSR count). The first-order chi connectivity index (χ1) is 13.8. The van der Waals surface area contributed by atoms with Crippen LogP contribution in [-0.2, 0) is 19.6 Å². The van der Waals surface area contributed by atoms with Crippen molar-refractivity contribution in [2.45, 2.75) is 4.90 Å². The van der Waals surface area contributed by atoms with E-state index < -0.39 is 15.9 Å². The van der Waals surface area contributed by atoms with Crippen LogP contribution >= 0.6 is 34.8 Å². The summed E-state index contributed by atoms with van der Waals surface area (Å²) in [6, 6.07) is 8.75. The first-order valence-corrected chi connectivity index (χ1v) is 11.1. The van der Waals surface area contributed by atoms with Gasteiger partial charge in [-0.2, -0.15) is 4.31 Å². The number of hydrogen-bond acceptors (Lipinski definition) is 5. The Bertz CT molecular complexity index is 1010. The van der Waals surface area contributed by atoms with Gasteiger partial charge in [0, 0.05) is 19.2 Å². The monoisotopic (exact) mass is 478 g/mol. The normalized spacial score (nSPS) is 15.1. The summed E-state index contributed by atoms with van der Waals surface area (Å²) in [4.78, 5) is 12.3. The predicted octanol–water partition coefficient (Wildman–Crippen LogP) is 3.69. The molecule has 1 saturated heterocycles. The maximum Gasteiger partial charge on any atom is 0.262 e. The molecule has 2 aromatic rings. The minimum absolute atomic E-state index is 0.0319. The number of halogens is 3. The minimum Gasteiger partial charge on any atom is -0.484 e. The molecule has 2 aromatic carbocycles. The Balaban J connectivity index is 1.69. The second kappa shape index (κ2) is 9.51. The van der Waals surface area contributed by atoms with Crippen molar-refractivity contribution < 1.29 is 22.7 Å². The molecule has 0 radical (unpaired) electrons. The number of amides is 1. The van der Waals surface area contributed by atoms with Crippen molar-refractivity contribution in [2.24, 2.45) is 0 Å². The molecule has 29 heavy (non-hydrogen) atoms. The highest BCUT2D eigenvalue weighted by atomic mass is 35.5. The fourth-order valence-electron chi connectivity index (χ4n) is 2.60. The van der Waals surface area contributed by atoms with Gasteiger partial charge in [0.1, 0.15) is 5.75 Å². The summed E-state index contributed by atoms with van der Waals surface area (Å²) in [7, 11) is -3.72. The molecular formula is C18H17Cl3N2O5S. The molecule has 7 nitrogen and oxygen atoms in total. The van der Waals surface area contributed by atoms with Crippen LogP contribution in [0.2, 0.25) is 15.1 Å². The predicted molar refractivity (Wildman–Crippen MR) is 112 cm³/mol. The molecule has 1 heterocycles. The van der Waals surface area contributed by atoms with Crippen molar-refractivity contribution in [3.63, 3.8) is 0 Å². The van der Waals surface area contributed by atoms with Gasteiger partial charge < -0.3 is 14.8 Å². The fourth-order valence-corrected chi connectivity index (χ4v) is 4.49. The van der Waals surface area contributed by atoms with Crippen molar-refractivity contribution >= 4 is 56.4 Å². The maximum atomic E-state index is 12.8. The highest BCUT2D eigenvalue weighted by Crippen LogP contribution is 2.28. The third-order valence-electron chi connectivity index (χ3n) is 4.08. The summed E-state index contributed by atoms with van der Waals surface area (Å²) in [6.07, 6.45) is 0. The van der Waals surface area contributed by atoms with Crippen LogP contribution in [0.5, 0.6) is 5.75 Å². The fraction of sp³-hybridized carbons (Fsp3) is 0.278. The van der Waals surface area contributed by atoms with Gasteiger partial charge in [-0.15, -0.1) is 0 Å². The van der Waals surface area contributed by atoms with Crippen LogP contribution in [0.4, 0.5) is 5.69 Å². The molecular weight excluding hydrogens is 463 g/mol. The number of ether oxygens (including phenoxy) is 2. The van der Waals surface area contributed by atoms with E-state index >= 15 is 0 Å². The summed E-state index contributed by atoms with van der Waals surface area (Å²) >= 11 is 17.9. The number of sulfonamides is 1. The van der Waals surface area contributed by atoms with Crippen LogP contribution in [-0.4, -0.2) is 51.5 Å². The number of nitrogens with one attached hydrogen (secondary N) is 1. The molecule has 11 heteroatoms. The van der Waals surface area contributed by atoms with Crippen molar-refractivity contribution in [1.29, 1.82) is 0 Å². The zero-order chi connectivity index (χ0) is 21.0. The zero-order valence-corrected chi connectivity index (χ0v) is 18.1. The van der Waals surface area contributed by atoms with Crippen LogP contribution in [0.1, 0.15) is 0 Å². The molecule has 0 spiro atoms. The largest absolute Gasteiger partial charge is 0.484 e. The van der Waals surface area contributed by atoms with E-state index in [-0.39, 0.29) is 35.3 Å². The first-order valence-electron chi connectivity index (χ1n) is 8.52. The van der Waals surface area contributed by atoms with E-state index in [1.54, 1.807) is 12.1 Å². The van der Waals surface area contributed by atoms with Gasteiger partial charge in [0.25, 0.3) is 5.91 Å². The smallest absolute Gasteiger partial charge is 0.262 e. The van der Waals surface area contributed by atoms with Crippen molar-refractivity contribution in [1.82, 2.24) is 4.31 Å². The molecule has 0 bridgehead atoms. The molecule has 1 aliphatic rings. The van der Waals surface area contributed by atoms with E-state index in [2.05, 4.69) is 5.32 Å². The first kappa shape index (κ1) is 22.1. The second-order valence-corrected chi connectivity index (χ2v) is 9.23. The lowest BCUT2D eigenvalue weighted by Gasteiger charge is -2.26.